The van der Waals surface area contributed by atoms with E-state index in [0.717, 1.165) is 11.1 Å². The van der Waals surface area contributed by atoms with Crippen LogP contribution in [0.5, 0.6) is 5.75 Å². The van der Waals surface area contributed by atoms with Crippen molar-refractivity contribution in [2.24, 2.45) is 0 Å². The third-order valence-corrected chi connectivity index (χ3v) is 4.01. The highest BCUT2D eigenvalue weighted by molar-refractivity contribution is 7.92. The lowest BCUT2D eigenvalue weighted by Crippen LogP contribution is -2.14. The highest BCUT2D eigenvalue weighted by Crippen LogP contribution is 2.27. The molecule has 0 unspecified atom stereocenters. The molecule has 0 radical (unpaired) electrons. The predicted octanol–water partition coefficient (Wildman–Crippen LogP) is 1.80. The van der Waals surface area contributed by atoms with Crippen molar-refractivity contribution in [2.45, 2.75) is 25.7 Å². The molecular formula is C12H15N3O4S. The number of sulfonamides is 1. The Hall–Kier alpha value is -2.09. The Kier molecular flexibility index (Phi) is 3.67. The number of ether oxygens (including phenoxy) is 1. The molecule has 0 fully saturated rings. The van der Waals surface area contributed by atoms with Crippen LogP contribution in [0.15, 0.2) is 21.6 Å². The third kappa shape index (κ3) is 2.74. The standard InChI is InChI=1S/C12H15N3O4S/c1-7-5-10(6-8(2)11(7)18-4)20(16,17)15-12-13-9(3)19-14-12/h5-6H,1-4H3,(H,14,15). The number of hydrogen-bond acceptors (Lipinski definition) is 6. The number of aryl methyl sites for hydroxylation is 3. The van der Waals surface area contributed by atoms with Gasteiger partial charge in [-0.1, -0.05) is 0 Å². The Morgan fingerprint density at radius 2 is 1.80 bits per heavy atom. The minimum absolute atomic E-state index is 0.0892. The molecule has 0 atom stereocenters. The first-order valence-electron chi connectivity index (χ1n) is 5.82. The predicted molar refractivity (Wildman–Crippen MR) is 72.3 cm³/mol. The van der Waals surface area contributed by atoms with Crippen molar-refractivity contribution in [1.82, 2.24) is 10.1 Å². The fourth-order valence-corrected chi connectivity index (χ4v) is 3.01. The zero-order valence-corrected chi connectivity index (χ0v) is 12.4. The highest BCUT2D eigenvalue weighted by Gasteiger charge is 2.19. The lowest BCUT2D eigenvalue weighted by molar-refractivity contribution is 0.395. The Morgan fingerprint density at radius 1 is 1.20 bits per heavy atom. The first kappa shape index (κ1) is 14.3. The molecule has 0 aliphatic rings. The van der Waals surface area contributed by atoms with Crippen molar-refractivity contribution in [3.8, 4) is 5.75 Å². The van der Waals surface area contributed by atoms with E-state index in [2.05, 4.69) is 14.9 Å². The molecule has 2 rings (SSSR count). The number of benzene rings is 1. The molecule has 0 saturated carbocycles. The fourth-order valence-electron chi connectivity index (χ4n) is 1.91. The van der Waals surface area contributed by atoms with E-state index < -0.39 is 10.0 Å². The summed E-state index contributed by atoms with van der Waals surface area (Å²) in [7, 11) is -2.22. The van der Waals surface area contributed by atoms with Crippen LogP contribution in [0.3, 0.4) is 0 Å². The molecule has 0 bridgehead atoms. The first-order chi connectivity index (χ1) is 9.33. The van der Waals surface area contributed by atoms with Gasteiger partial charge < -0.3 is 9.26 Å². The average molecular weight is 297 g/mol. The smallest absolute Gasteiger partial charge is 0.277 e. The summed E-state index contributed by atoms with van der Waals surface area (Å²) in [6.45, 7) is 5.14. The molecule has 1 aromatic heterocycles. The van der Waals surface area contributed by atoms with Gasteiger partial charge in [0.05, 0.1) is 12.0 Å². The van der Waals surface area contributed by atoms with Crippen LogP contribution < -0.4 is 9.46 Å². The van der Waals surface area contributed by atoms with Gasteiger partial charge in [-0.3, -0.25) is 0 Å². The number of aromatic nitrogens is 2. The van der Waals surface area contributed by atoms with E-state index in [1.165, 1.54) is 12.1 Å². The normalized spacial score (nSPS) is 11.4. The monoisotopic (exact) mass is 297 g/mol. The molecule has 1 N–H and O–H groups in total. The molecule has 0 saturated heterocycles. The number of nitrogens with zero attached hydrogens (tertiary/aromatic N) is 2. The fraction of sp³-hybridized carbons (Fsp3) is 0.333. The molecule has 1 heterocycles. The zero-order valence-electron chi connectivity index (χ0n) is 11.6. The van der Waals surface area contributed by atoms with Crippen molar-refractivity contribution in [3.05, 3.63) is 29.2 Å². The van der Waals surface area contributed by atoms with Gasteiger partial charge in [-0.2, -0.15) is 4.98 Å². The maximum Gasteiger partial charge on any atom is 0.277 e. The van der Waals surface area contributed by atoms with Crippen LogP contribution in [0.1, 0.15) is 17.0 Å². The van der Waals surface area contributed by atoms with E-state index in [-0.39, 0.29) is 16.7 Å². The van der Waals surface area contributed by atoms with Crippen molar-refractivity contribution >= 4 is 16.0 Å². The van der Waals surface area contributed by atoms with E-state index in [4.69, 9.17) is 9.26 Å². The molecule has 108 valence electrons. The SMILES string of the molecule is COc1c(C)cc(S(=O)(=O)Nc2noc(C)n2)cc1C. The number of anilines is 1. The average Bonchev–Trinajstić information content (AvgIpc) is 2.73. The van der Waals surface area contributed by atoms with Crippen LogP contribution in [0, 0.1) is 20.8 Å². The second kappa shape index (κ2) is 5.12. The summed E-state index contributed by atoms with van der Waals surface area (Å²) in [5, 5.41) is 3.50. The quantitative estimate of drug-likeness (QED) is 0.924. The van der Waals surface area contributed by atoms with Gasteiger partial charge in [-0.25, -0.2) is 13.1 Å². The highest BCUT2D eigenvalue weighted by atomic mass is 32.2. The van der Waals surface area contributed by atoms with Gasteiger partial charge >= 0.3 is 0 Å². The van der Waals surface area contributed by atoms with Gasteiger partial charge in [-0.05, 0) is 42.3 Å². The summed E-state index contributed by atoms with van der Waals surface area (Å²) in [5.74, 6) is 0.859. The number of nitrogens with one attached hydrogen (secondary N) is 1. The summed E-state index contributed by atoms with van der Waals surface area (Å²) in [4.78, 5) is 3.93. The van der Waals surface area contributed by atoms with E-state index in [1.54, 1.807) is 27.9 Å². The maximum atomic E-state index is 12.2. The summed E-state index contributed by atoms with van der Waals surface area (Å²) in [5.41, 5.74) is 1.47. The van der Waals surface area contributed by atoms with Crippen molar-refractivity contribution < 1.29 is 17.7 Å². The van der Waals surface area contributed by atoms with Crippen LogP contribution >= 0.6 is 0 Å². The molecular weight excluding hydrogens is 282 g/mol. The Balaban J connectivity index is 2.39. The van der Waals surface area contributed by atoms with E-state index in [0.29, 0.717) is 5.75 Å². The molecule has 0 aliphatic carbocycles. The Bertz CT molecular complexity index is 714. The lowest BCUT2D eigenvalue weighted by Gasteiger charge is -2.11. The van der Waals surface area contributed by atoms with Crippen molar-refractivity contribution in [2.75, 3.05) is 11.8 Å². The molecule has 2 aromatic rings. The van der Waals surface area contributed by atoms with Crippen LogP contribution in [0.2, 0.25) is 0 Å². The number of hydrogen-bond donors (Lipinski definition) is 1. The van der Waals surface area contributed by atoms with E-state index >= 15 is 0 Å². The number of methoxy groups -OCH3 is 1. The second-order valence-corrected chi connectivity index (χ2v) is 6.02. The van der Waals surface area contributed by atoms with Crippen LogP contribution in [0.4, 0.5) is 5.95 Å². The topological polar surface area (TPSA) is 94.3 Å². The summed E-state index contributed by atoms with van der Waals surface area (Å²) in [6, 6.07) is 3.06. The molecule has 0 amide bonds. The van der Waals surface area contributed by atoms with Crippen molar-refractivity contribution in [1.29, 1.82) is 0 Å². The molecule has 0 aliphatic heterocycles. The Labute approximate surface area is 117 Å². The van der Waals surface area contributed by atoms with Gasteiger partial charge in [-0.15, -0.1) is 0 Å². The summed E-state index contributed by atoms with van der Waals surface area (Å²) in [6.07, 6.45) is 0. The molecule has 7 nitrogen and oxygen atoms in total. The minimum atomic E-state index is -3.76. The van der Waals surface area contributed by atoms with Crippen molar-refractivity contribution in [3.63, 3.8) is 0 Å². The lowest BCUT2D eigenvalue weighted by atomic mass is 10.1. The maximum absolute atomic E-state index is 12.2. The van der Waals surface area contributed by atoms with Gasteiger partial charge in [0.1, 0.15) is 5.75 Å². The van der Waals surface area contributed by atoms with Gasteiger partial charge in [0, 0.05) is 6.92 Å². The number of rotatable bonds is 4. The van der Waals surface area contributed by atoms with Gasteiger partial charge in [0.2, 0.25) is 5.89 Å². The third-order valence-electron chi connectivity index (χ3n) is 2.70. The Morgan fingerprint density at radius 3 is 2.25 bits per heavy atom. The van der Waals surface area contributed by atoms with Gasteiger partial charge in [0.25, 0.3) is 16.0 Å². The van der Waals surface area contributed by atoms with Crippen LogP contribution in [0.25, 0.3) is 0 Å². The van der Waals surface area contributed by atoms with Gasteiger partial charge in [0.15, 0.2) is 0 Å². The zero-order chi connectivity index (χ0) is 14.9. The molecule has 1 aromatic carbocycles. The molecule has 0 spiro atoms. The summed E-state index contributed by atoms with van der Waals surface area (Å²) >= 11 is 0. The van der Waals surface area contributed by atoms with Crippen LogP contribution in [-0.4, -0.2) is 25.7 Å². The second-order valence-electron chi connectivity index (χ2n) is 4.33. The largest absolute Gasteiger partial charge is 0.496 e. The van der Waals surface area contributed by atoms with E-state index in [9.17, 15) is 8.42 Å². The van der Waals surface area contributed by atoms with Crippen LogP contribution in [-0.2, 0) is 10.0 Å². The molecule has 8 heteroatoms. The van der Waals surface area contributed by atoms with E-state index in [1.807, 2.05) is 0 Å². The molecule has 20 heavy (non-hydrogen) atoms. The minimum Gasteiger partial charge on any atom is -0.496 e. The first-order valence-corrected chi connectivity index (χ1v) is 7.30. The summed E-state index contributed by atoms with van der Waals surface area (Å²) < 4.78 is 36.7.